The van der Waals surface area contributed by atoms with Crippen LogP contribution in [-0.4, -0.2) is 35.5 Å². The Kier molecular flexibility index (Phi) is 5.11. The number of carbonyl (C=O) groups is 2. The molecule has 1 rings (SSSR count). The number of aliphatic carboxylic acids is 1. The summed E-state index contributed by atoms with van der Waals surface area (Å²) in [5.41, 5.74) is -0.583. The summed E-state index contributed by atoms with van der Waals surface area (Å²) in [6.07, 6.45) is 0.760. The van der Waals surface area contributed by atoms with Crippen molar-refractivity contribution in [2.45, 2.75) is 27.2 Å². The fourth-order valence-corrected chi connectivity index (χ4v) is 2.61. The molecule has 1 N–H and O–H groups in total. The van der Waals surface area contributed by atoms with Gasteiger partial charge in [0.05, 0.1) is 0 Å². The molecule has 0 saturated carbocycles. The summed E-state index contributed by atoms with van der Waals surface area (Å²) in [5.74, 6) is -2.38. The highest BCUT2D eigenvalue weighted by Crippen LogP contribution is 2.27. The van der Waals surface area contributed by atoms with Gasteiger partial charge in [-0.05, 0) is 23.3 Å². The molecule has 4 nitrogen and oxygen atoms in total. The molecule has 1 atom stereocenters. The average Bonchev–Trinajstić information content (AvgIpc) is 2.75. The average molecular weight is 283 g/mol. The van der Waals surface area contributed by atoms with Crippen LogP contribution in [0.3, 0.4) is 0 Å². The molecule has 1 aromatic rings. The van der Waals surface area contributed by atoms with Crippen molar-refractivity contribution in [2.75, 3.05) is 13.6 Å². The molecule has 0 aliphatic carbocycles. The molecule has 0 radical (unpaired) electrons. The summed E-state index contributed by atoms with van der Waals surface area (Å²) in [6.45, 7) is 5.86. The molecule has 0 bridgehead atoms. The summed E-state index contributed by atoms with van der Waals surface area (Å²) < 4.78 is 0. The maximum absolute atomic E-state index is 12.2. The molecular weight excluding hydrogens is 262 g/mol. The highest BCUT2D eigenvalue weighted by atomic mass is 32.1. The van der Waals surface area contributed by atoms with E-state index in [2.05, 4.69) is 0 Å². The first-order valence-corrected chi connectivity index (χ1v) is 7.11. The van der Waals surface area contributed by atoms with Gasteiger partial charge in [-0.1, -0.05) is 26.8 Å². The van der Waals surface area contributed by atoms with Crippen LogP contribution < -0.4 is 0 Å². The second-order valence-electron chi connectivity index (χ2n) is 5.73. The molecule has 0 saturated heterocycles. The fourth-order valence-electron chi connectivity index (χ4n) is 1.91. The number of carboxylic acids is 1. The first kappa shape index (κ1) is 15.7. The van der Waals surface area contributed by atoms with E-state index in [-0.39, 0.29) is 5.91 Å². The largest absolute Gasteiger partial charge is 0.481 e. The lowest BCUT2D eigenvalue weighted by atomic mass is 9.80. The number of rotatable bonds is 5. The van der Waals surface area contributed by atoms with Crippen LogP contribution in [0, 0.1) is 11.3 Å². The van der Waals surface area contributed by atoms with Gasteiger partial charge in [0.25, 0.3) is 0 Å². The van der Waals surface area contributed by atoms with E-state index in [1.807, 2.05) is 17.5 Å². The zero-order valence-corrected chi connectivity index (χ0v) is 12.7. The van der Waals surface area contributed by atoms with Gasteiger partial charge >= 0.3 is 5.97 Å². The van der Waals surface area contributed by atoms with Crippen LogP contribution in [0.25, 0.3) is 0 Å². The van der Waals surface area contributed by atoms with Crippen LogP contribution in [0.15, 0.2) is 17.5 Å². The number of amides is 1. The van der Waals surface area contributed by atoms with Gasteiger partial charge in [0.1, 0.15) is 5.92 Å². The Morgan fingerprint density at radius 1 is 1.42 bits per heavy atom. The molecule has 106 valence electrons. The maximum Gasteiger partial charge on any atom is 0.316 e. The van der Waals surface area contributed by atoms with Crippen LogP contribution in [0.1, 0.15) is 25.6 Å². The number of nitrogens with zero attached hydrogens (tertiary/aromatic N) is 1. The zero-order chi connectivity index (χ0) is 14.6. The number of carbonyl (C=O) groups excluding carboxylic acids is 1. The van der Waals surface area contributed by atoms with Gasteiger partial charge in [0.2, 0.25) is 5.91 Å². The minimum atomic E-state index is -1.06. The fraction of sp³-hybridized carbons (Fsp3) is 0.571. The van der Waals surface area contributed by atoms with Gasteiger partial charge in [-0.2, -0.15) is 0 Å². The normalized spacial score (nSPS) is 13.1. The van der Waals surface area contributed by atoms with Crippen molar-refractivity contribution in [3.05, 3.63) is 22.4 Å². The van der Waals surface area contributed by atoms with Crippen molar-refractivity contribution in [2.24, 2.45) is 11.3 Å². The predicted molar refractivity (Wildman–Crippen MR) is 76.2 cm³/mol. The summed E-state index contributed by atoms with van der Waals surface area (Å²) in [5, 5.41) is 11.2. The van der Waals surface area contributed by atoms with Crippen molar-refractivity contribution < 1.29 is 14.7 Å². The quantitative estimate of drug-likeness (QED) is 0.845. The van der Waals surface area contributed by atoms with Crippen molar-refractivity contribution in [3.63, 3.8) is 0 Å². The van der Waals surface area contributed by atoms with Gasteiger partial charge in [0.15, 0.2) is 0 Å². The molecule has 19 heavy (non-hydrogen) atoms. The molecule has 0 aliphatic rings. The van der Waals surface area contributed by atoms with E-state index in [1.165, 1.54) is 9.78 Å². The van der Waals surface area contributed by atoms with Gasteiger partial charge in [-0.15, -0.1) is 11.3 Å². The van der Waals surface area contributed by atoms with E-state index >= 15 is 0 Å². The number of thiophene rings is 1. The minimum Gasteiger partial charge on any atom is -0.481 e. The first-order chi connectivity index (χ1) is 8.73. The Hall–Kier alpha value is -1.36. The third-order valence-corrected chi connectivity index (χ3v) is 3.95. The summed E-state index contributed by atoms with van der Waals surface area (Å²) in [7, 11) is 1.66. The van der Waals surface area contributed by atoms with E-state index < -0.39 is 17.3 Å². The van der Waals surface area contributed by atoms with Crippen LogP contribution >= 0.6 is 11.3 Å². The Labute approximate surface area is 118 Å². The predicted octanol–water partition coefficient (Wildman–Crippen LogP) is 2.50. The number of hydrogen-bond donors (Lipinski definition) is 1. The van der Waals surface area contributed by atoms with Gasteiger partial charge in [-0.3, -0.25) is 9.59 Å². The monoisotopic (exact) mass is 283 g/mol. The van der Waals surface area contributed by atoms with Crippen LogP contribution in [0.2, 0.25) is 0 Å². The van der Waals surface area contributed by atoms with Gasteiger partial charge < -0.3 is 10.0 Å². The molecule has 1 aromatic heterocycles. The molecule has 1 unspecified atom stereocenters. The Balaban J connectivity index is 2.66. The van der Waals surface area contributed by atoms with E-state index in [0.29, 0.717) is 6.54 Å². The molecule has 0 spiro atoms. The number of hydrogen-bond acceptors (Lipinski definition) is 3. The molecule has 5 heteroatoms. The van der Waals surface area contributed by atoms with Crippen molar-refractivity contribution in [3.8, 4) is 0 Å². The highest BCUT2D eigenvalue weighted by molar-refractivity contribution is 7.09. The Morgan fingerprint density at radius 3 is 2.47 bits per heavy atom. The van der Waals surface area contributed by atoms with Crippen LogP contribution in [0.4, 0.5) is 0 Å². The van der Waals surface area contributed by atoms with E-state index in [0.717, 1.165) is 6.42 Å². The van der Waals surface area contributed by atoms with Crippen molar-refractivity contribution in [1.82, 2.24) is 4.90 Å². The van der Waals surface area contributed by atoms with E-state index in [4.69, 9.17) is 0 Å². The van der Waals surface area contributed by atoms with Gasteiger partial charge in [0, 0.05) is 18.5 Å². The van der Waals surface area contributed by atoms with E-state index in [1.54, 1.807) is 39.2 Å². The Bertz CT molecular complexity index is 434. The summed E-state index contributed by atoms with van der Waals surface area (Å²) in [6, 6.07) is 3.98. The lowest BCUT2D eigenvalue weighted by Gasteiger charge is -2.29. The number of carboxylic acid groups (broad SMARTS) is 1. The highest BCUT2D eigenvalue weighted by Gasteiger charge is 2.39. The number of likely N-dealkylation sites (N-methyl/N-ethyl adjacent to an activating group) is 1. The van der Waals surface area contributed by atoms with Crippen LogP contribution in [-0.2, 0) is 16.0 Å². The molecule has 1 heterocycles. The molecule has 1 amide bonds. The summed E-state index contributed by atoms with van der Waals surface area (Å²) >= 11 is 1.64. The molecular formula is C14H21NO3S. The van der Waals surface area contributed by atoms with Crippen molar-refractivity contribution in [1.29, 1.82) is 0 Å². The first-order valence-electron chi connectivity index (χ1n) is 6.23. The minimum absolute atomic E-state index is 0.323. The third kappa shape index (κ3) is 4.35. The second-order valence-corrected chi connectivity index (χ2v) is 6.76. The standard InChI is InChI=1S/C14H21NO3S/c1-14(2,3)11(13(17)18)12(16)15(4)8-7-10-6-5-9-19-10/h5-6,9,11H,7-8H2,1-4H3,(H,17,18). The Morgan fingerprint density at radius 2 is 2.05 bits per heavy atom. The smallest absolute Gasteiger partial charge is 0.316 e. The molecule has 0 aliphatic heterocycles. The van der Waals surface area contributed by atoms with Crippen molar-refractivity contribution >= 4 is 23.2 Å². The van der Waals surface area contributed by atoms with Gasteiger partial charge in [-0.25, -0.2) is 0 Å². The zero-order valence-electron chi connectivity index (χ0n) is 11.8. The SMILES string of the molecule is CN(CCc1cccs1)C(=O)C(C(=O)O)C(C)(C)C. The summed E-state index contributed by atoms with van der Waals surface area (Å²) in [4.78, 5) is 26.2. The third-order valence-electron chi connectivity index (χ3n) is 3.01. The lowest BCUT2D eigenvalue weighted by Crippen LogP contribution is -2.44. The molecule has 0 aromatic carbocycles. The topological polar surface area (TPSA) is 57.6 Å². The molecule has 0 fully saturated rings. The van der Waals surface area contributed by atoms with Crippen LogP contribution in [0.5, 0.6) is 0 Å². The maximum atomic E-state index is 12.2. The lowest BCUT2D eigenvalue weighted by molar-refractivity contribution is -0.155. The van der Waals surface area contributed by atoms with E-state index in [9.17, 15) is 14.7 Å². The second kappa shape index (κ2) is 6.19.